The molecule has 1 saturated heterocycles. The Labute approximate surface area is 140 Å². The van der Waals surface area contributed by atoms with Crippen molar-refractivity contribution < 1.29 is 9.47 Å². The van der Waals surface area contributed by atoms with Gasteiger partial charge in [-0.25, -0.2) is 4.98 Å². The van der Waals surface area contributed by atoms with Crippen LogP contribution in [0.5, 0.6) is 5.75 Å². The average Bonchev–Trinajstić information content (AvgIpc) is 2.58. The summed E-state index contributed by atoms with van der Waals surface area (Å²) >= 11 is 0. The van der Waals surface area contributed by atoms with E-state index in [0.29, 0.717) is 19.0 Å². The number of methoxy groups -OCH3 is 1. The van der Waals surface area contributed by atoms with Crippen LogP contribution < -0.4 is 15.8 Å². The molecule has 0 atom stereocenters. The van der Waals surface area contributed by atoms with Crippen molar-refractivity contribution in [2.75, 3.05) is 31.4 Å². The summed E-state index contributed by atoms with van der Waals surface area (Å²) in [7, 11) is 1.67. The Bertz CT molecular complexity index is 873. The number of nitrogens with two attached hydrogens (primary N) is 1. The minimum absolute atomic E-state index is 0.207. The number of aromatic nitrogens is 1. The molecule has 5 nitrogen and oxygen atoms in total. The molecule has 3 N–H and O–H groups in total. The van der Waals surface area contributed by atoms with Gasteiger partial charge in [-0.05, 0) is 48.0 Å². The highest BCUT2D eigenvalue weighted by atomic mass is 16.5. The van der Waals surface area contributed by atoms with Crippen molar-refractivity contribution in [2.24, 2.45) is 0 Å². The molecule has 1 fully saturated rings. The van der Waals surface area contributed by atoms with E-state index in [-0.39, 0.29) is 5.54 Å². The smallest absolute Gasteiger partial charge is 0.124 e. The van der Waals surface area contributed by atoms with Crippen LogP contribution in [0.15, 0.2) is 54.6 Å². The number of pyridine rings is 1. The van der Waals surface area contributed by atoms with Crippen LogP contribution in [-0.4, -0.2) is 25.3 Å². The highest BCUT2D eigenvalue weighted by Gasteiger charge is 2.40. The van der Waals surface area contributed by atoms with E-state index in [0.717, 1.165) is 22.3 Å². The molecule has 0 radical (unpaired) electrons. The van der Waals surface area contributed by atoms with E-state index < -0.39 is 0 Å². The zero-order valence-corrected chi connectivity index (χ0v) is 13.5. The lowest BCUT2D eigenvalue weighted by Gasteiger charge is -2.43. The molecule has 0 aliphatic carbocycles. The number of nitrogens with one attached hydrogen (secondary N) is 1. The van der Waals surface area contributed by atoms with Crippen LogP contribution in [0, 0.1) is 0 Å². The Kier molecular flexibility index (Phi) is 3.50. The van der Waals surface area contributed by atoms with Gasteiger partial charge in [0.05, 0.1) is 25.8 Å². The Morgan fingerprint density at radius 1 is 1.08 bits per heavy atom. The van der Waals surface area contributed by atoms with Crippen molar-refractivity contribution in [3.05, 3.63) is 60.2 Å². The molecule has 0 bridgehead atoms. The van der Waals surface area contributed by atoms with Gasteiger partial charge >= 0.3 is 0 Å². The highest BCUT2D eigenvalue weighted by Crippen LogP contribution is 2.35. The van der Waals surface area contributed by atoms with Gasteiger partial charge in [0.25, 0.3) is 0 Å². The molecule has 0 unspecified atom stereocenters. The summed E-state index contributed by atoms with van der Waals surface area (Å²) in [5, 5.41) is 4.68. The molecule has 1 aromatic heterocycles. The molecule has 1 aliphatic heterocycles. The quantitative estimate of drug-likeness (QED) is 0.772. The van der Waals surface area contributed by atoms with Gasteiger partial charge in [-0.1, -0.05) is 12.1 Å². The summed E-state index contributed by atoms with van der Waals surface area (Å²) in [6, 6.07) is 18.0. The molecular weight excluding hydrogens is 302 g/mol. The lowest BCUT2D eigenvalue weighted by atomic mass is 9.87. The average molecular weight is 321 g/mol. The minimum atomic E-state index is -0.207. The summed E-state index contributed by atoms with van der Waals surface area (Å²) in [5.41, 5.74) is 8.65. The van der Waals surface area contributed by atoms with Crippen molar-refractivity contribution in [3.8, 4) is 5.75 Å². The first kappa shape index (κ1) is 14.8. The first-order valence-electron chi connectivity index (χ1n) is 7.85. The fourth-order valence-electron chi connectivity index (χ4n) is 3.02. The Morgan fingerprint density at radius 3 is 2.54 bits per heavy atom. The van der Waals surface area contributed by atoms with E-state index in [1.807, 2.05) is 36.4 Å². The number of hydrogen-bond acceptors (Lipinski definition) is 5. The number of anilines is 2. The predicted octanol–water partition coefficient (Wildman–Crippen LogP) is 3.16. The van der Waals surface area contributed by atoms with Crippen LogP contribution in [0.25, 0.3) is 10.9 Å². The predicted molar refractivity (Wildman–Crippen MR) is 95.3 cm³/mol. The Balaban J connectivity index is 1.65. The lowest BCUT2D eigenvalue weighted by Crippen LogP contribution is -2.52. The van der Waals surface area contributed by atoms with Gasteiger partial charge in [-0.3, -0.25) is 0 Å². The maximum Gasteiger partial charge on any atom is 0.124 e. The molecule has 3 aromatic rings. The van der Waals surface area contributed by atoms with Crippen molar-refractivity contribution in [3.63, 3.8) is 0 Å². The molecule has 0 spiro atoms. The number of hydrogen-bond donors (Lipinski definition) is 2. The number of benzene rings is 2. The Morgan fingerprint density at radius 2 is 1.88 bits per heavy atom. The standard InChI is InChI=1S/C19H19N3O2/c1-23-16-6-3-14(4-7-16)19(11-24-12-19)22-15-5-8-17-13(10-15)2-9-18(20)21-17/h2-10,22H,11-12H2,1H3,(H2,20,21). The maximum absolute atomic E-state index is 5.74. The van der Waals surface area contributed by atoms with Crippen molar-refractivity contribution in [1.29, 1.82) is 0 Å². The van der Waals surface area contributed by atoms with Gasteiger partial charge in [-0.15, -0.1) is 0 Å². The molecule has 0 saturated carbocycles. The third-order valence-electron chi connectivity index (χ3n) is 4.43. The van der Waals surface area contributed by atoms with Gasteiger partial charge in [0.15, 0.2) is 0 Å². The topological polar surface area (TPSA) is 69.4 Å². The summed E-state index contributed by atoms with van der Waals surface area (Å²) in [4.78, 5) is 4.34. The van der Waals surface area contributed by atoms with Gasteiger partial charge in [0.1, 0.15) is 17.1 Å². The summed E-state index contributed by atoms with van der Waals surface area (Å²) in [6.45, 7) is 1.27. The molecule has 4 rings (SSSR count). The van der Waals surface area contributed by atoms with Crippen LogP contribution in [0.1, 0.15) is 5.56 Å². The number of fused-ring (bicyclic) bond motifs is 1. The molecule has 122 valence electrons. The molecule has 0 amide bonds. The Hall–Kier alpha value is -2.79. The first-order valence-corrected chi connectivity index (χ1v) is 7.85. The molecule has 2 heterocycles. The van der Waals surface area contributed by atoms with E-state index >= 15 is 0 Å². The van der Waals surface area contributed by atoms with E-state index in [4.69, 9.17) is 15.2 Å². The zero-order valence-electron chi connectivity index (χ0n) is 13.5. The van der Waals surface area contributed by atoms with Crippen molar-refractivity contribution in [1.82, 2.24) is 4.98 Å². The van der Waals surface area contributed by atoms with Crippen LogP contribution in [0.2, 0.25) is 0 Å². The van der Waals surface area contributed by atoms with Crippen molar-refractivity contribution >= 4 is 22.4 Å². The van der Waals surface area contributed by atoms with E-state index in [9.17, 15) is 0 Å². The first-order chi connectivity index (χ1) is 11.7. The SMILES string of the molecule is COc1ccc(C2(Nc3ccc4nc(N)ccc4c3)COC2)cc1. The van der Waals surface area contributed by atoms with Crippen molar-refractivity contribution in [2.45, 2.75) is 5.54 Å². The normalized spacial score (nSPS) is 15.7. The second-order valence-corrected chi connectivity index (χ2v) is 6.07. The third kappa shape index (κ3) is 2.53. The van der Waals surface area contributed by atoms with Crippen LogP contribution in [0.4, 0.5) is 11.5 Å². The van der Waals surface area contributed by atoms with Crippen LogP contribution in [-0.2, 0) is 10.3 Å². The summed E-state index contributed by atoms with van der Waals surface area (Å²) < 4.78 is 10.7. The second kappa shape index (κ2) is 5.69. The van der Waals surface area contributed by atoms with Crippen LogP contribution in [0.3, 0.4) is 0 Å². The molecule has 2 aromatic carbocycles. The van der Waals surface area contributed by atoms with Gasteiger partial charge in [-0.2, -0.15) is 0 Å². The molecule has 24 heavy (non-hydrogen) atoms. The van der Waals surface area contributed by atoms with Crippen LogP contribution >= 0.6 is 0 Å². The minimum Gasteiger partial charge on any atom is -0.497 e. The second-order valence-electron chi connectivity index (χ2n) is 6.07. The monoisotopic (exact) mass is 321 g/mol. The van der Waals surface area contributed by atoms with E-state index in [1.165, 1.54) is 5.56 Å². The number of nitrogen functional groups attached to an aromatic ring is 1. The number of ether oxygens (including phenoxy) is 2. The largest absolute Gasteiger partial charge is 0.497 e. The molecule has 1 aliphatic rings. The molecule has 5 heteroatoms. The fourth-order valence-corrected chi connectivity index (χ4v) is 3.02. The van der Waals surface area contributed by atoms with E-state index in [2.05, 4.69) is 28.5 Å². The number of rotatable bonds is 4. The van der Waals surface area contributed by atoms with Gasteiger partial charge < -0.3 is 20.5 Å². The summed E-state index contributed by atoms with van der Waals surface area (Å²) in [5.74, 6) is 1.38. The number of nitrogens with zero attached hydrogens (tertiary/aromatic N) is 1. The third-order valence-corrected chi connectivity index (χ3v) is 4.43. The highest BCUT2D eigenvalue weighted by molar-refractivity contribution is 5.83. The lowest BCUT2D eigenvalue weighted by molar-refractivity contribution is -0.0447. The zero-order chi connectivity index (χ0) is 16.6. The van der Waals surface area contributed by atoms with Gasteiger partial charge in [0.2, 0.25) is 0 Å². The summed E-state index contributed by atoms with van der Waals surface area (Å²) in [6.07, 6.45) is 0. The molecular formula is C19H19N3O2. The van der Waals surface area contributed by atoms with Gasteiger partial charge in [0, 0.05) is 11.1 Å². The van der Waals surface area contributed by atoms with E-state index in [1.54, 1.807) is 7.11 Å². The maximum atomic E-state index is 5.74. The fraction of sp³-hybridized carbons (Fsp3) is 0.211.